The number of carbonyl (C=O) groups is 2. The molecular weight excluding hydrogens is 550 g/mol. The summed E-state index contributed by atoms with van der Waals surface area (Å²) in [6, 6.07) is 0. The average molecular weight is 611 g/mol. The molecule has 230 valence electrons. The molecular formula is C30H60Na2O7S. The van der Waals surface area contributed by atoms with E-state index in [0.717, 1.165) is 38.5 Å². The van der Waals surface area contributed by atoms with Crippen molar-refractivity contribution in [2.75, 3.05) is 13.2 Å². The molecule has 1 atom stereocenters. The van der Waals surface area contributed by atoms with Gasteiger partial charge in [-0.2, -0.15) is 8.42 Å². The van der Waals surface area contributed by atoms with Gasteiger partial charge in [-0.3, -0.25) is 14.1 Å². The second kappa shape index (κ2) is 32.8. The van der Waals surface area contributed by atoms with E-state index >= 15 is 0 Å². The van der Waals surface area contributed by atoms with Gasteiger partial charge >= 0.3 is 71.1 Å². The summed E-state index contributed by atoms with van der Waals surface area (Å²) in [6.07, 6.45) is 24.8. The number of carbonyl (C=O) groups excluding carboxylic acids is 2. The summed E-state index contributed by atoms with van der Waals surface area (Å²) in [6.45, 7) is 4.70. The van der Waals surface area contributed by atoms with E-state index in [9.17, 15) is 22.6 Å². The van der Waals surface area contributed by atoms with Crippen molar-refractivity contribution < 1.29 is 32.0 Å². The van der Waals surface area contributed by atoms with Crippen molar-refractivity contribution in [3.05, 3.63) is 0 Å². The Morgan fingerprint density at radius 1 is 0.550 bits per heavy atom. The van der Waals surface area contributed by atoms with Gasteiger partial charge in [-0.15, -0.1) is 0 Å². The number of hydrogen-bond acceptors (Lipinski definition) is 6. The van der Waals surface area contributed by atoms with Crippen LogP contribution in [0.15, 0.2) is 0 Å². The van der Waals surface area contributed by atoms with Crippen molar-refractivity contribution in [2.45, 2.75) is 167 Å². The summed E-state index contributed by atoms with van der Waals surface area (Å²) < 4.78 is 42.9. The summed E-state index contributed by atoms with van der Waals surface area (Å²) in [5, 5.41) is -1.93. The molecule has 0 aliphatic heterocycles. The van der Waals surface area contributed by atoms with E-state index in [1.165, 1.54) is 89.9 Å². The van der Waals surface area contributed by atoms with Crippen LogP contribution in [0.5, 0.6) is 0 Å². The van der Waals surface area contributed by atoms with Crippen molar-refractivity contribution in [1.82, 2.24) is 0 Å². The molecule has 0 aromatic rings. The molecule has 0 rings (SSSR count). The minimum absolute atomic E-state index is 0. The SMILES string of the molecule is CCCCCCCCCCCCCOC(=O)CC(C(=O)OCCCCCCCCCCCCC)S(=O)(=O)O.[NaH].[NaH]. The Balaban J connectivity index is -0.00000684. The number of unbranched alkanes of at least 4 members (excludes halogenated alkanes) is 20. The molecule has 0 fully saturated rings. The van der Waals surface area contributed by atoms with E-state index in [1.807, 2.05) is 0 Å². The number of hydrogen-bond donors (Lipinski definition) is 1. The monoisotopic (exact) mass is 610 g/mol. The zero-order chi connectivity index (χ0) is 28.3. The van der Waals surface area contributed by atoms with Crippen molar-refractivity contribution in [1.29, 1.82) is 0 Å². The zero-order valence-electron chi connectivity index (χ0n) is 24.6. The average Bonchev–Trinajstić information content (AvgIpc) is 2.87. The molecule has 0 heterocycles. The molecule has 0 bridgehead atoms. The van der Waals surface area contributed by atoms with Gasteiger partial charge in [0.25, 0.3) is 10.1 Å². The molecule has 0 saturated heterocycles. The second-order valence-electron chi connectivity index (χ2n) is 10.7. The van der Waals surface area contributed by atoms with Crippen LogP contribution in [0.25, 0.3) is 0 Å². The van der Waals surface area contributed by atoms with Gasteiger partial charge in [-0.05, 0) is 12.8 Å². The normalized spacial score (nSPS) is 11.8. The van der Waals surface area contributed by atoms with Crippen molar-refractivity contribution in [2.24, 2.45) is 0 Å². The van der Waals surface area contributed by atoms with Crippen LogP contribution in [-0.4, -0.2) is 102 Å². The molecule has 40 heavy (non-hydrogen) atoms. The van der Waals surface area contributed by atoms with Crippen LogP contribution in [0, 0.1) is 0 Å². The molecule has 1 N–H and O–H groups in total. The molecule has 0 aromatic carbocycles. The first kappa shape index (κ1) is 45.3. The zero-order valence-corrected chi connectivity index (χ0v) is 25.4. The van der Waals surface area contributed by atoms with Crippen LogP contribution in [0.2, 0.25) is 0 Å². The van der Waals surface area contributed by atoms with E-state index in [1.54, 1.807) is 0 Å². The summed E-state index contributed by atoms with van der Waals surface area (Å²) in [7, 11) is -4.76. The van der Waals surface area contributed by atoms with E-state index in [-0.39, 0.29) is 72.3 Å². The predicted molar refractivity (Wildman–Crippen MR) is 169 cm³/mol. The van der Waals surface area contributed by atoms with E-state index < -0.39 is 33.7 Å². The Labute approximate surface area is 290 Å². The molecule has 0 aliphatic carbocycles. The first-order chi connectivity index (χ1) is 18.3. The summed E-state index contributed by atoms with van der Waals surface area (Å²) >= 11 is 0. The molecule has 0 amide bonds. The molecule has 7 nitrogen and oxygen atoms in total. The Hall–Kier alpha value is 0.850. The molecule has 0 aromatic heterocycles. The van der Waals surface area contributed by atoms with Crippen molar-refractivity contribution in [3.63, 3.8) is 0 Å². The standard InChI is InChI=1S/C30H58O7S.2Na.2H/c1-3-5-7-9-11-13-15-17-19-21-23-25-36-29(31)27-28(38(33,34)35)30(32)37-26-24-22-20-18-16-14-12-10-8-6-4-2;;;;/h28H,3-27H2,1-2H3,(H,33,34,35);;;;. The molecule has 0 aliphatic rings. The third-order valence-corrected chi connectivity index (χ3v) is 8.06. The maximum atomic E-state index is 12.2. The molecule has 0 radical (unpaired) electrons. The quantitative estimate of drug-likeness (QED) is 0.0438. The molecule has 0 saturated carbocycles. The summed E-state index contributed by atoms with van der Waals surface area (Å²) in [5.74, 6) is -1.91. The van der Waals surface area contributed by atoms with Gasteiger partial charge in [0.15, 0.2) is 5.25 Å². The van der Waals surface area contributed by atoms with E-state index in [0.29, 0.717) is 12.8 Å². The van der Waals surface area contributed by atoms with Gasteiger partial charge in [0.1, 0.15) is 0 Å². The Morgan fingerprint density at radius 3 is 1.18 bits per heavy atom. The fourth-order valence-corrected chi connectivity index (χ4v) is 5.16. The predicted octanol–water partition coefficient (Wildman–Crippen LogP) is 7.04. The summed E-state index contributed by atoms with van der Waals surface area (Å²) in [5.41, 5.74) is 0. The number of rotatable bonds is 28. The number of esters is 2. The topological polar surface area (TPSA) is 107 Å². The number of ether oxygens (including phenoxy) is 2. The van der Waals surface area contributed by atoms with E-state index in [4.69, 9.17) is 9.47 Å². The van der Waals surface area contributed by atoms with Crippen LogP contribution in [0.1, 0.15) is 162 Å². The Morgan fingerprint density at radius 2 is 0.850 bits per heavy atom. The first-order valence-corrected chi connectivity index (χ1v) is 17.1. The maximum absolute atomic E-state index is 12.2. The van der Waals surface area contributed by atoms with Gasteiger partial charge in [0.05, 0.1) is 19.6 Å². The Kier molecular flexibility index (Phi) is 37.1. The molecule has 1 unspecified atom stereocenters. The van der Waals surface area contributed by atoms with Crippen LogP contribution < -0.4 is 0 Å². The van der Waals surface area contributed by atoms with Gasteiger partial charge < -0.3 is 9.47 Å². The summed E-state index contributed by atoms with van der Waals surface area (Å²) in [4.78, 5) is 24.3. The van der Waals surface area contributed by atoms with Gasteiger partial charge in [0, 0.05) is 0 Å². The van der Waals surface area contributed by atoms with Crippen LogP contribution >= 0.6 is 0 Å². The third-order valence-electron chi connectivity index (χ3n) is 6.98. The molecule has 10 heteroatoms. The van der Waals surface area contributed by atoms with Gasteiger partial charge in [-0.25, -0.2) is 0 Å². The third kappa shape index (κ3) is 30.3. The van der Waals surface area contributed by atoms with Crippen LogP contribution in [-0.2, 0) is 29.2 Å². The van der Waals surface area contributed by atoms with Crippen LogP contribution in [0.4, 0.5) is 0 Å². The van der Waals surface area contributed by atoms with Crippen molar-refractivity contribution in [3.8, 4) is 0 Å². The molecule has 0 spiro atoms. The van der Waals surface area contributed by atoms with Gasteiger partial charge in [0.2, 0.25) is 0 Å². The van der Waals surface area contributed by atoms with E-state index in [2.05, 4.69) is 13.8 Å². The Bertz CT molecular complexity index is 675. The van der Waals surface area contributed by atoms with Gasteiger partial charge in [-0.1, -0.05) is 142 Å². The minimum atomic E-state index is -4.76. The van der Waals surface area contributed by atoms with Crippen molar-refractivity contribution >= 4 is 81.2 Å². The second-order valence-corrected chi connectivity index (χ2v) is 12.3. The van der Waals surface area contributed by atoms with Crippen LogP contribution in [0.3, 0.4) is 0 Å². The first-order valence-electron chi connectivity index (χ1n) is 15.6. The fraction of sp³-hybridized carbons (Fsp3) is 0.933. The fourth-order valence-electron chi connectivity index (χ4n) is 4.50.